The SMILES string of the molecule is C[C@@](O)(CO)[C@@H](O)C(O)C(F)N1C=CN[NH2+]1. The van der Waals surface area contributed by atoms with Gasteiger partial charge in [0.25, 0.3) is 0 Å². The van der Waals surface area contributed by atoms with Gasteiger partial charge < -0.3 is 20.4 Å². The summed E-state index contributed by atoms with van der Waals surface area (Å²) in [5.41, 5.74) is 1.88. The van der Waals surface area contributed by atoms with E-state index < -0.39 is 30.7 Å². The van der Waals surface area contributed by atoms with E-state index in [1.54, 1.807) is 0 Å². The van der Waals surface area contributed by atoms with E-state index in [9.17, 15) is 19.7 Å². The summed E-state index contributed by atoms with van der Waals surface area (Å²) in [4.78, 5) is 0. The molecule has 1 heterocycles. The van der Waals surface area contributed by atoms with Crippen molar-refractivity contribution in [2.24, 2.45) is 0 Å². The van der Waals surface area contributed by atoms with Crippen LogP contribution in [0.3, 0.4) is 0 Å². The molecule has 94 valence electrons. The molecular weight excluding hydrogens is 221 g/mol. The molecule has 1 aliphatic rings. The van der Waals surface area contributed by atoms with Crippen LogP contribution in [0.5, 0.6) is 0 Å². The highest BCUT2D eigenvalue weighted by atomic mass is 19.1. The number of aliphatic hydroxyl groups excluding tert-OH is 3. The van der Waals surface area contributed by atoms with E-state index >= 15 is 0 Å². The van der Waals surface area contributed by atoms with Crippen molar-refractivity contribution in [2.75, 3.05) is 6.61 Å². The molecule has 0 aliphatic carbocycles. The number of hydrogen-bond donors (Lipinski definition) is 6. The lowest BCUT2D eigenvalue weighted by Gasteiger charge is -2.32. The van der Waals surface area contributed by atoms with Crippen molar-refractivity contribution in [3.8, 4) is 0 Å². The first-order valence-corrected chi connectivity index (χ1v) is 4.77. The Balaban J connectivity index is 2.62. The Kier molecular flexibility index (Phi) is 4.05. The molecule has 0 aromatic rings. The lowest BCUT2D eigenvalue weighted by Crippen LogP contribution is -2.98. The minimum absolute atomic E-state index is 0.782. The number of halogens is 1. The van der Waals surface area contributed by atoms with Gasteiger partial charge in [-0.1, -0.05) is 0 Å². The number of nitrogens with one attached hydrogen (secondary N) is 1. The lowest BCUT2D eigenvalue weighted by atomic mass is 9.95. The van der Waals surface area contributed by atoms with Crippen molar-refractivity contribution >= 4 is 0 Å². The topological polar surface area (TPSA) is 113 Å². The van der Waals surface area contributed by atoms with E-state index in [1.165, 1.54) is 17.9 Å². The van der Waals surface area contributed by atoms with Crippen LogP contribution in [0.4, 0.5) is 4.39 Å². The van der Waals surface area contributed by atoms with Gasteiger partial charge in [0.1, 0.15) is 17.8 Å². The molecule has 2 unspecified atom stereocenters. The number of alkyl halides is 1. The van der Waals surface area contributed by atoms with Gasteiger partial charge in [-0.15, -0.1) is 5.53 Å². The molecule has 4 atom stereocenters. The van der Waals surface area contributed by atoms with E-state index in [4.69, 9.17) is 5.11 Å². The van der Waals surface area contributed by atoms with Gasteiger partial charge >= 0.3 is 0 Å². The van der Waals surface area contributed by atoms with Gasteiger partial charge in [0, 0.05) is 0 Å². The Morgan fingerprint density at radius 2 is 2.19 bits per heavy atom. The largest absolute Gasteiger partial charge is 0.393 e. The van der Waals surface area contributed by atoms with Crippen LogP contribution in [0.15, 0.2) is 12.4 Å². The standard InChI is InChI=1S/C8H16FN3O4/c1-8(16,4-13)6(15)5(14)7(9)12-3-2-10-11-12/h2-3,5-7,10-11,13-16H,4H2,1H3/p+1/t5?,6-,7?,8+/m0/s1. The van der Waals surface area contributed by atoms with E-state index in [1.807, 2.05) is 0 Å². The highest BCUT2D eigenvalue weighted by Gasteiger charge is 2.42. The second-order valence-corrected chi connectivity index (χ2v) is 3.88. The molecule has 7 N–H and O–H groups in total. The van der Waals surface area contributed by atoms with E-state index in [-0.39, 0.29) is 0 Å². The molecule has 0 bridgehead atoms. The first-order valence-electron chi connectivity index (χ1n) is 4.77. The zero-order valence-electron chi connectivity index (χ0n) is 8.79. The molecule has 7 nitrogen and oxygen atoms in total. The highest BCUT2D eigenvalue weighted by Crippen LogP contribution is 2.17. The van der Waals surface area contributed by atoms with Crippen molar-refractivity contribution in [1.82, 2.24) is 10.4 Å². The third-order valence-corrected chi connectivity index (χ3v) is 2.41. The average Bonchev–Trinajstić information content (AvgIpc) is 2.79. The summed E-state index contributed by atoms with van der Waals surface area (Å²) in [6, 6.07) is 0. The predicted octanol–water partition coefficient (Wildman–Crippen LogP) is -3.48. The Labute approximate surface area is 91.7 Å². The maximum absolute atomic E-state index is 13.6. The Morgan fingerprint density at radius 1 is 1.56 bits per heavy atom. The van der Waals surface area contributed by atoms with Crippen molar-refractivity contribution in [1.29, 1.82) is 0 Å². The number of aliphatic hydroxyl groups is 4. The molecule has 0 saturated carbocycles. The number of quaternary nitrogens is 1. The Bertz CT molecular complexity index is 264. The fourth-order valence-electron chi connectivity index (χ4n) is 1.24. The van der Waals surface area contributed by atoms with Gasteiger partial charge in [-0.3, -0.25) is 0 Å². The predicted molar refractivity (Wildman–Crippen MR) is 50.7 cm³/mol. The normalized spacial score (nSPS) is 24.8. The minimum atomic E-state index is -1.96. The molecular formula is C8H17FN3O4+. The lowest BCUT2D eigenvalue weighted by molar-refractivity contribution is -0.833. The van der Waals surface area contributed by atoms with Crippen LogP contribution in [0, 0.1) is 0 Å². The van der Waals surface area contributed by atoms with Crippen LogP contribution < -0.4 is 11.0 Å². The smallest absolute Gasteiger partial charge is 0.247 e. The third-order valence-electron chi connectivity index (χ3n) is 2.41. The van der Waals surface area contributed by atoms with Crippen molar-refractivity contribution in [2.45, 2.75) is 31.0 Å². The monoisotopic (exact) mass is 238 g/mol. The molecule has 1 rings (SSSR count). The molecule has 0 aromatic heterocycles. The molecule has 0 aromatic carbocycles. The maximum Gasteiger partial charge on any atom is 0.247 e. The first kappa shape index (κ1) is 13.1. The number of hydrogen-bond acceptors (Lipinski definition) is 6. The van der Waals surface area contributed by atoms with Crippen LogP contribution in [0.1, 0.15) is 6.92 Å². The van der Waals surface area contributed by atoms with E-state index in [2.05, 4.69) is 5.43 Å². The maximum atomic E-state index is 13.6. The van der Waals surface area contributed by atoms with Gasteiger partial charge in [-0.2, -0.15) is 5.01 Å². The van der Waals surface area contributed by atoms with Crippen LogP contribution in [0.25, 0.3) is 0 Å². The molecule has 8 heteroatoms. The Morgan fingerprint density at radius 3 is 2.62 bits per heavy atom. The van der Waals surface area contributed by atoms with Gasteiger partial charge in [-0.05, 0) is 6.92 Å². The molecule has 0 amide bonds. The fraction of sp³-hybridized carbons (Fsp3) is 0.750. The Hall–Kier alpha value is -0.930. The molecule has 16 heavy (non-hydrogen) atoms. The summed E-state index contributed by atoms with van der Waals surface area (Å²) >= 11 is 0. The summed E-state index contributed by atoms with van der Waals surface area (Å²) < 4.78 is 13.6. The van der Waals surface area contributed by atoms with Gasteiger partial charge in [0.15, 0.2) is 0 Å². The number of rotatable bonds is 5. The van der Waals surface area contributed by atoms with Crippen LogP contribution in [0.2, 0.25) is 0 Å². The van der Waals surface area contributed by atoms with Crippen LogP contribution in [-0.4, -0.2) is 56.1 Å². The second-order valence-electron chi connectivity index (χ2n) is 3.88. The zero-order valence-corrected chi connectivity index (χ0v) is 8.79. The van der Waals surface area contributed by atoms with Crippen LogP contribution >= 0.6 is 0 Å². The molecule has 0 saturated heterocycles. The minimum Gasteiger partial charge on any atom is -0.393 e. The fourth-order valence-corrected chi connectivity index (χ4v) is 1.24. The van der Waals surface area contributed by atoms with Crippen LogP contribution in [-0.2, 0) is 0 Å². The van der Waals surface area contributed by atoms with Crippen molar-refractivity contribution < 1.29 is 30.4 Å². The summed E-state index contributed by atoms with van der Waals surface area (Å²) in [6.45, 7) is 0.325. The van der Waals surface area contributed by atoms with Gasteiger partial charge in [0.05, 0.1) is 19.0 Å². The number of nitrogens with zero attached hydrogens (tertiary/aromatic N) is 1. The van der Waals surface area contributed by atoms with Gasteiger partial charge in [0.2, 0.25) is 6.30 Å². The summed E-state index contributed by atoms with van der Waals surface area (Å²) in [7, 11) is 0. The first-order chi connectivity index (χ1) is 7.40. The number of nitrogens with two attached hydrogens (primary N) is 1. The average molecular weight is 238 g/mol. The van der Waals surface area contributed by atoms with Crippen molar-refractivity contribution in [3.63, 3.8) is 0 Å². The van der Waals surface area contributed by atoms with E-state index in [0.717, 1.165) is 11.9 Å². The molecule has 0 spiro atoms. The summed E-state index contributed by atoms with van der Waals surface area (Å²) in [5, 5.41) is 38.2. The summed E-state index contributed by atoms with van der Waals surface area (Å²) in [6.07, 6.45) is -2.79. The van der Waals surface area contributed by atoms with Gasteiger partial charge in [-0.25, -0.2) is 9.82 Å². The highest BCUT2D eigenvalue weighted by molar-refractivity contribution is 4.90. The quantitative estimate of drug-likeness (QED) is 0.219. The zero-order chi connectivity index (χ0) is 12.3. The molecule has 0 radical (unpaired) electrons. The second kappa shape index (κ2) is 4.93. The van der Waals surface area contributed by atoms with Crippen molar-refractivity contribution in [3.05, 3.63) is 12.4 Å². The third kappa shape index (κ3) is 2.60. The van der Waals surface area contributed by atoms with E-state index in [0.29, 0.717) is 0 Å². The summed E-state index contributed by atoms with van der Waals surface area (Å²) in [5.74, 6) is 0. The molecule has 0 fully saturated rings. The molecule has 1 aliphatic heterocycles.